The van der Waals surface area contributed by atoms with E-state index in [1.54, 1.807) is 7.11 Å². The number of anilines is 1. The van der Waals surface area contributed by atoms with Crippen molar-refractivity contribution in [2.45, 2.75) is 24.3 Å². The molecule has 0 aromatic carbocycles. The Morgan fingerprint density at radius 3 is 1.88 bits per heavy atom. The summed E-state index contributed by atoms with van der Waals surface area (Å²) < 4.78 is 81.5. The third-order valence-corrected chi connectivity index (χ3v) is 4.76. The van der Waals surface area contributed by atoms with E-state index in [2.05, 4.69) is 26.8 Å². The molecule has 1 aromatic heterocycles. The largest absolute Gasteiger partial charge is 0.490 e. The van der Waals surface area contributed by atoms with E-state index in [9.17, 15) is 30.7 Å². The number of aromatic nitrogens is 2. The minimum absolute atomic E-state index is 0.223. The van der Waals surface area contributed by atoms with Gasteiger partial charge in [-0.25, -0.2) is 23.9 Å². The number of ether oxygens (including phenoxy) is 1. The second kappa shape index (κ2) is 10.9. The highest BCUT2D eigenvalue weighted by atomic mass is 19.4. The molecule has 16 heteroatoms. The lowest BCUT2D eigenvalue weighted by Crippen LogP contribution is -2.67. The Bertz CT molecular complexity index is 774. The third kappa shape index (κ3) is 8.27. The van der Waals surface area contributed by atoms with E-state index < -0.39 is 30.1 Å². The standard InChI is InChI=1S/C13H19FN4O.2C2HF3O2/c1-17-6-10(7-19-2)3-13(17)8-18(9-13)12-15-4-11(14)5-16-12;2*3-2(4,5)1(6)7/h4-5,10H,3,6-9H2,1-2H3;2*(H,6,7). The van der Waals surface area contributed by atoms with Crippen LogP contribution in [0.2, 0.25) is 0 Å². The first-order chi connectivity index (χ1) is 15.0. The molecule has 9 nitrogen and oxygen atoms in total. The number of rotatable bonds is 3. The highest BCUT2D eigenvalue weighted by Gasteiger charge is 2.52. The number of likely N-dealkylation sites (N-methyl/N-ethyl adjacent to an activating group) is 1. The highest BCUT2D eigenvalue weighted by Crippen LogP contribution is 2.40. The number of alkyl halides is 6. The quantitative estimate of drug-likeness (QED) is 0.609. The number of carboxylic acids is 2. The third-order valence-electron chi connectivity index (χ3n) is 4.76. The Hall–Kier alpha value is -2.75. The topological polar surface area (TPSA) is 116 Å². The van der Waals surface area contributed by atoms with Crippen LogP contribution in [0.4, 0.5) is 36.7 Å². The van der Waals surface area contributed by atoms with Crippen LogP contribution in [0.5, 0.6) is 0 Å². The van der Waals surface area contributed by atoms with Crippen LogP contribution < -0.4 is 4.90 Å². The molecule has 0 bridgehead atoms. The molecule has 0 amide bonds. The molecule has 1 spiro atoms. The minimum Gasteiger partial charge on any atom is -0.475 e. The molecule has 2 aliphatic heterocycles. The van der Waals surface area contributed by atoms with E-state index in [1.165, 1.54) is 12.4 Å². The number of hydrogen-bond donors (Lipinski definition) is 2. The fraction of sp³-hybridized carbons (Fsp3) is 0.647. The van der Waals surface area contributed by atoms with Gasteiger partial charge in [0.15, 0.2) is 5.82 Å². The van der Waals surface area contributed by atoms with E-state index in [4.69, 9.17) is 24.5 Å². The summed E-state index contributed by atoms with van der Waals surface area (Å²) in [5, 5.41) is 14.2. The molecule has 3 rings (SSSR count). The lowest BCUT2D eigenvalue weighted by Gasteiger charge is -2.51. The summed E-state index contributed by atoms with van der Waals surface area (Å²) in [6.45, 7) is 3.72. The maximum Gasteiger partial charge on any atom is 0.490 e. The number of halogens is 7. The second-order valence-electron chi connectivity index (χ2n) is 7.29. The molecule has 2 N–H and O–H groups in total. The maximum absolute atomic E-state index is 12.8. The van der Waals surface area contributed by atoms with E-state index in [0.717, 1.165) is 32.7 Å². The molecule has 1 unspecified atom stereocenters. The van der Waals surface area contributed by atoms with E-state index >= 15 is 0 Å². The van der Waals surface area contributed by atoms with Gasteiger partial charge in [0.1, 0.15) is 0 Å². The van der Waals surface area contributed by atoms with Crippen molar-refractivity contribution >= 4 is 17.9 Å². The zero-order chi connectivity index (χ0) is 25.6. The van der Waals surface area contributed by atoms with Crippen molar-refractivity contribution in [3.05, 3.63) is 18.2 Å². The number of carboxylic acid groups (broad SMARTS) is 2. The average molecular weight is 494 g/mol. The van der Waals surface area contributed by atoms with Gasteiger partial charge in [0.05, 0.1) is 24.5 Å². The summed E-state index contributed by atoms with van der Waals surface area (Å²) in [6.07, 6.45) is -6.58. The van der Waals surface area contributed by atoms with Crippen LogP contribution in [0.15, 0.2) is 12.4 Å². The summed E-state index contributed by atoms with van der Waals surface area (Å²) in [6, 6.07) is 0. The SMILES string of the molecule is COCC1CN(C)C2(C1)CN(c1ncc(F)cn1)C2.O=C(O)C(F)(F)F.O=C(O)C(F)(F)F. The van der Waals surface area contributed by atoms with E-state index in [1.807, 2.05) is 0 Å². The molecule has 0 saturated carbocycles. The molecule has 188 valence electrons. The smallest absolute Gasteiger partial charge is 0.475 e. The van der Waals surface area contributed by atoms with Crippen LogP contribution in [-0.2, 0) is 14.3 Å². The van der Waals surface area contributed by atoms with Crippen LogP contribution in [0.1, 0.15) is 6.42 Å². The fourth-order valence-electron chi connectivity index (χ4n) is 3.33. The first-order valence-electron chi connectivity index (χ1n) is 9.04. The zero-order valence-electron chi connectivity index (χ0n) is 17.3. The Labute approximate surface area is 182 Å². The summed E-state index contributed by atoms with van der Waals surface area (Å²) in [4.78, 5) is 30.4. The van der Waals surface area contributed by atoms with Crippen molar-refractivity contribution in [2.75, 3.05) is 45.3 Å². The number of nitrogens with zero attached hydrogens (tertiary/aromatic N) is 4. The molecular weight excluding hydrogens is 473 g/mol. The van der Waals surface area contributed by atoms with Crippen molar-refractivity contribution in [3.63, 3.8) is 0 Å². The van der Waals surface area contributed by atoms with Gasteiger partial charge < -0.3 is 19.8 Å². The Kier molecular flexibility index (Phi) is 9.35. The van der Waals surface area contributed by atoms with E-state index in [0.29, 0.717) is 11.9 Å². The number of carbonyl (C=O) groups is 2. The van der Waals surface area contributed by atoms with Crippen LogP contribution in [0, 0.1) is 11.7 Å². The van der Waals surface area contributed by atoms with Gasteiger partial charge in [-0.15, -0.1) is 0 Å². The molecule has 3 heterocycles. The highest BCUT2D eigenvalue weighted by molar-refractivity contribution is 5.73. The normalized spacial score (nSPS) is 19.7. The lowest BCUT2D eigenvalue weighted by molar-refractivity contribution is -0.193. The predicted octanol–water partition coefficient (Wildman–Crippen LogP) is 2.04. The van der Waals surface area contributed by atoms with Gasteiger partial charge in [0, 0.05) is 26.7 Å². The summed E-state index contributed by atoms with van der Waals surface area (Å²) >= 11 is 0. The van der Waals surface area contributed by atoms with Gasteiger partial charge in [-0.3, -0.25) is 4.90 Å². The van der Waals surface area contributed by atoms with Gasteiger partial charge in [-0.1, -0.05) is 0 Å². The van der Waals surface area contributed by atoms with E-state index in [-0.39, 0.29) is 5.54 Å². The minimum atomic E-state index is -5.08. The van der Waals surface area contributed by atoms with Crippen LogP contribution in [0.3, 0.4) is 0 Å². The number of methoxy groups -OCH3 is 1. The van der Waals surface area contributed by atoms with Crippen LogP contribution >= 0.6 is 0 Å². The van der Waals surface area contributed by atoms with Gasteiger partial charge in [0.2, 0.25) is 5.95 Å². The molecule has 0 aliphatic carbocycles. The number of hydrogen-bond acceptors (Lipinski definition) is 7. The van der Waals surface area contributed by atoms with Crippen molar-refractivity contribution < 1.29 is 55.3 Å². The van der Waals surface area contributed by atoms with Gasteiger partial charge in [-0.05, 0) is 19.4 Å². The fourth-order valence-corrected chi connectivity index (χ4v) is 3.33. The molecule has 33 heavy (non-hydrogen) atoms. The molecule has 2 fully saturated rings. The monoisotopic (exact) mass is 494 g/mol. The Morgan fingerprint density at radius 2 is 1.52 bits per heavy atom. The molecular formula is C17H21F7N4O5. The summed E-state index contributed by atoms with van der Waals surface area (Å²) in [7, 11) is 3.92. The molecule has 2 saturated heterocycles. The molecule has 2 aliphatic rings. The first-order valence-corrected chi connectivity index (χ1v) is 9.04. The zero-order valence-corrected chi connectivity index (χ0v) is 17.3. The Balaban J connectivity index is 0.000000324. The van der Waals surface area contributed by atoms with Crippen molar-refractivity contribution in [1.29, 1.82) is 0 Å². The Morgan fingerprint density at radius 1 is 1.09 bits per heavy atom. The van der Waals surface area contributed by atoms with Gasteiger partial charge in [0.25, 0.3) is 0 Å². The van der Waals surface area contributed by atoms with Gasteiger partial charge in [-0.2, -0.15) is 26.3 Å². The number of likely N-dealkylation sites (tertiary alicyclic amines) is 1. The van der Waals surface area contributed by atoms with Crippen LogP contribution in [0.25, 0.3) is 0 Å². The molecule has 0 radical (unpaired) electrons. The second-order valence-corrected chi connectivity index (χ2v) is 7.29. The molecule has 1 aromatic rings. The van der Waals surface area contributed by atoms with Gasteiger partial charge >= 0.3 is 24.3 Å². The molecule has 1 atom stereocenters. The summed E-state index contributed by atoms with van der Waals surface area (Å²) in [5.74, 6) is -4.68. The van der Waals surface area contributed by atoms with Crippen LogP contribution in [-0.4, -0.2) is 95.3 Å². The predicted molar refractivity (Wildman–Crippen MR) is 96.9 cm³/mol. The maximum atomic E-state index is 12.8. The lowest BCUT2D eigenvalue weighted by atomic mass is 9.85. The average Bonchev–Trinajstić information content (AvgIpc) is 2.97. The van der Waals surface area contributed by atoms with Crippen molar-refractivity contribution in [1.82, 2.24) is 14.9 Å². The van der Waals surface area contributed by atoms with Crippen molar-refractivity contribution in [3.8, 4) is 0 Å². The summed E-state index contributed by atoms with van der Waals surface area (Å²) in [5.41, 5.74) is 0.223. The number of aliphatic carboxylic acids is 2. The van der Waals surface area contributed by atoms with Crippen molar-refractivity contribution in [2.24, 2.45) is 5.92 Å². The first kappa shape index (κ1) is 28.3.